The molecule has 1 aromatic heterocycles. The molecule has 0 saturated heterocycles. The monoisotopic (exact) mass is 323 g/mol. The van der Waals surface area contributed by atoms with Crippen molar-refractivity contribution >= 4 is 15.9 Å². The lowest BCUT2D eigenvalue weighted by atomic mass is 10.1. The topological polar surface area (TPSA) is 53.1 Å². The summed E-state index contributed by atoms with van der Waals surface area (Å²) in [6.45, 7) is 2.62. The van der Waals surface area contributed by atoms with Crippen LogP contribution in [0.3, 0.4) is 0 Å². The van der Waals surface area contributed by atoms with Gasteiger partial charge >= 0.3 is 0 Å². The first-order valence-corrected chi connectivity index (χ1v) is 6.94. The largest absolute Gasteiger partial charge is 0.496 e. The van der Waals surface area contributed by atoms with Gasteiger partial charge in [0.2, 0.25) is 0 Å². The first kappa shape index (κ1) is 14.1. The summed E-state index contributed by atoms with van der Waals surface area (Å²) in [6, 6.07) is 5.99. The standard InChI is InChI=1S/C14H18BrN3O/c1-9-17-14(12(6-7-16)18(9)2)10-4-5-13(19-3)11(15)8-10/h4-5,8H,6-7,16H2,1-3H3. The molecule has 4 nitrogen and oxygen atoms in total. The van der Waals surface area contributed by atoms with Crippen molar-refractivity contribution in [3.63, 3.8) is 0 Å². The van der Waals surface area contributed by atoms with E-state index in [0.717, 1.165) is 39.4 Å². The molecule has 0 bridgehead atoms. The van der Waals surface area contributed by atoms with Crippen LogP contribution in [0.5, 0.6) is 5.75 Å². The molecular weight excluding hydrogens is 306 g/mol. The van der Waals surface area contributed by atoms with Crippen LogP contribution in [0.25, 0.3) is 11.3 Å². The second kappa shape index (κ2) is 5.75. The van der Waals surface area contributed by atoms with Crippen LogP contribution in [0.4, 0.5) is 0 Å². The van der Waals surface area contributed by atoms with Crippen LogP contribution in [-0.2, 0) is 13.5 Å². The summed E-state index contributed by atoms with van der Waals surface area (Å²) in [5.41, 5.74) is 8.92. The van der Waals surface area contributed by atoms with Crippen molar-refractivity contribution in [2.24, 2.45) is 12.8 Å². The van der Waals surface area contributed by atoms with E-state index in [1.54, 1.807) is 7.11 Å². The van der Waals surface area contributed by atoms with Gasteiger partial charge < -0.3 is 15.0 Å². The fourth-order valence-corrected chi connectivity index (χ4v) is 2.66. The summed E-state index contributed by atoms with van der Waals surface area (Å²) in [6.07, 6.45) is 0.816. The number of aryl methyl sites for hydroxylation is 1. The third-order valence-corrected chi connectivity index (χ3v) is 3.86. The van der Waals surface area contributed by atoms with Gasteiger partial charge in [0.15, 0.2) is 0 Å². The van der Waals surface area contributed by atoms with Crippen LogP contribution in [0, 0.1) is 6.92 Å². The number of nitrogens with two attached hydrogens (primary N) is 1. The van der Waals surface area contributed by atoms with E-state index < -0.39 is 0 Å². The molecule has 0 amide bonds. The minimum absolute atomic E-state index is 0.614. The Hall–Kier alpha value is -1.33. The second-order valence-corrected chi connectivity index (χ2v) is 5.26. The number of ether oxygens (including phenoxy) is 1. The van der Waals surface area contributed by atoms with Gasteiger partial charge in [-0.1, -0.05) is 0 Å². The van der Waals surface area contributed by atoms with E-state index in [1.165, 1.54) is 0 Å². The van der Waals surface area contributed by atoms with E-state index in [4.69, 9.17) is 10.5 Å². The molecule has 5 heteroatoms. The number of rotatable bonds is 4. The van der Waals surface area contributed by atoms with Gasteiger partial charge in [0.05, 0.1) is 17.3 Å². The van der Waals surface area contributed by atoms with Crippen molar-refractivity contribution in [2.75, 3.05) is 13.7 Å². The van der Waals surface area contributed by atoms with Crippen LogP contribution < -0.4 is 10.5 Å². The van der Waals surface area contributed by atoms with Gasteiger partial charge in [-0.05, 0) is 47.6 Å². The molecule has 0 atom stereocenters. The normalized spacial score (nSPS) is 10.8. The molecule has 0 saturated carbocycles. The molecule has 0 spiro atoms. The van der Waals surface area contributed by atoms with Crippen molar-refractivity contribution < 1.29 is 4.74 Å². The number of imidazole rings is 1. The van der Waals surface area contributed by atoms with Crippen LogP contribution in [0.1, 0.15) is 11.5 Å². The summed E-state index contributed by atoms with van der Waals surface area (Å²) in [5.74, 6) is 1.81. The average molecular weight is 324 g/mol. The van der Waals surface area contributed by atoms with Crippen molar-refractivity contribution in [1.82, 2.24) is 9.55 Å². The fraction of sp³-hybridized carbons (Fsp3) is 0.357. The number of methoxy groups -OCH3 is 1. The van der Waals surface area contributed by atoms with Crippen molar-refractivity contribution in [3.05, 3.63) is 34.2 Å². The Morgan fingerprint density at radius 1 is 1.42 bits per heavy atom. The highest BCUT2D eigenvalue weighted by molar-refractivity contribution is 9.10. The van der Waals surface area contributed by atoms with Gasteiger partial charge in [0, 0.05) is 24.7 Å². The van der Waals surface area contributed by atoms with Gasteiger partial charge in [0.1, 0.15) is 11.6 Å². The van der Waals surface area contributed by atoms with Crippen LogP contribution in [0.15, 0.2) is 22.7 Å². The van der Waals surface area contributed by atoms with Gasteiger partial charge in [-0.25, -0.2) is 4.98 Å². The minimum Gasteiger partial charge on any atom is -0.496 e. The maximum absolute atomic E-state index is 5.69. The Morgan fingerprint density at radius 2 is 2.16 bits per heavy atom. The van der Waals surface area contributed by atoms with Crippen LogP contribution >= 0.6 is 15.9 Å². The Morgan fingerprint density at radius 3 is 2.74 bits per heavy atom. The zero-order valence-corrected chi connectivity index (χ0v) is 13.0. The molecule has 0 fully saturated rings. The van der Waals surface area contributed by atoms with E-state index >= 15 is 0 Å². The predicted octanol–water partition coefficient (Wildman–Crippen LogP) is 2.67. The minimum atomic E-state index is 0.614. The second-order valence-electron chi connectivity index (χ2n) is 4.40. The Balaban J connectivity index is 2.52. The highest BCUT2D eigenvalue weighted by Gasteiger charge is 2.14. The smallest absolute Gasteiger partial charge is 0.133 e. The number of hydrogen-bond acceptors (Lipinski definition) is 3. The Labute approximate surface area is 121 Å². The number of aromatic nitrogens is 2. The quantitative estimate of drug-likeness (QED) is 0.941. The molecule has 0 aliphatic carbocycles. The highest BCUT2D eigenvalue weighted by atomic mass is 79.9. The maximum Gasteiger partial charge on any atom is 0.133 e. The average Bonchev–Trinajstić information content (AvgIpc) is 2.67. The molecule has 2 N–H and O–H groups in total. The van der Waals surface area contributed by atoms with E-state index in [1.807, 2.05) is 32.2 Å². The molecule has 102 valence electrons. The molecule has 0 radical (unpaired) electrons. The lowest BCUT2D eigenvalue weighted by molar-refractivity contribution is 0.412. The van der Waals surface area contributed by atoms with Crippen LogP contribution in [0.2, 0.25) is 0 Å². The van der Waals surface area contributed by atoms with E-state index in [0.29, 0.717) is 6.54 Å². The fourth-order valence-electron chi connectivity index (χ4n) is 2.12. The van der Waals surface area contributed by atoms with Crippen molar-refractivity contribution in [1.29, 1.82) is 0 Å². The lowest BCUT2D eigenvalue weighted by Crippen LogP contribution is -2.08. The van der Waals surface area contributed by atoms with E-state index in [2.05, 4.69) is 25.5 Å². The molecule has 0 aliphatic heterocycles. The summed E-state index contributed by atoms with van der Waals surface area (Å²) >= 11 is 3.51. The van der Waals surface area contributed by atoms with Gasteiger partial charge in [-0.2, -0.15) is 0 Å². The summed E-state index contributed by atoms with van der Waals surface area (Å²) < 4.78 is 8.27. The number of hydrogen-bond donors (Lipinski definition) is 1. The van der Waals surface area contributed by atoms with Gasteiger partial charge in [0.25, 0.3) is 0 Å². The Bertz CT molecular complexity index is 593. The zero-order valence-electron chi connectivity index (χ0n) is 11.4. The SMILES string of the molecule is COc1ccc(-c2nc(C)n(C)c2CCN)cc1Br. The molecule has 1 heterocycles. The maximum atomic E-state index is 5.69. The molecule has 1 aromatic carbocycles. The summed E-state index contributed by atoms with van der Waals surface area (Å²) in [5, 5.41) is 0. The third-order valence-electron chi connectivity index (χ3n) is 3.24. The third kappa shape index (κ3) is 2.67. The first-order chi connectivity index (χ1) is 9.08. The van der Waals surface area contributed by atoms with Crippen molar-refractivity contribution in [3.8, 4) is 17.0 Å². The summed E-state index contributed by atoms with van der Waals surface area (Å²) in [4.78, 5) is 4.64. The first-order valence-electron chi connectivity index (χ1n) is 6.14. The van der Waals surface area contributed by atoms with Crippen LogP contribution in [-0.4, -0.2) is 23.2 Å². The molecule has 2 aromatic rings. The molecule has 2 rings (SSSR count). The van der Waals surface area contributed by atoms with Crippen molar-refractivity contribution in [2.45, 2.75) is 13.3 Å². The zero-order chi connectivity index (χ0) is 14.0. The molecular formula is C14H18BrN3O. The number of nitrogens with zero attached hydrogens (tertiary/aromatic N) is 2. The predicted molar refractivity (Wildman–Crippen MR) is 80.4 cm³/mol. The summed E-state index contributed by atoms with van der Waals surface area (Å²) in [7, 11) is 3.68. The number of benzene rings is 1. The Kier molecular flexibility index (Phi) is 4.27. The number of halogens is 1. The lowest BCUT2D eigenvalue weighted by Gasteiger charge is -2.07. The van der Waals surface area contributed by atoms with Gasteiger partial charge in [-0.3, -0.25) is 0 Å². The van der Waals surface area contributed by atoms with E-state index in [-0.39, 0.29) is 0 Å². The molecule has 0 unspecified atom stereocenters. The molecule has 0 aliphatic rings. The van der Waals surface area contributed by atoms with Gasteiger partial charge in [-0.15, -0.1) is 0 Å². The van der Waals surface area contributed by atoms with E-state index in [9.17, 15) is 0 Å². The molecule has 19 heavy (non-hydrogen) atoms. The highest BCUT2D eigenvalue weighted by Crippen LogP contribution is 2.31.